The van der Waals surface area contributed by atoms with Crippen LogP contribution in [-0.2, 0) is 25.7 Å². The van der Waals surface area contributed by atoms with E-state index in [1.807, 2.05) is 77.9 Å². The number of halogens is 2. The van der Waals surface area contributed by atoms with Gasteiger partial charge in [0.1, 0.15) is 24.2 Å². The lowest BCUT2D eigenvalue weighted by Gasteiger charge is -2.40. The highest BCUT2D eigenvalue weighted by Gasteiger charge is 2.46. The van der Waals surface area contributed by atoms with Gasteiger partial charge < -0.3 is 29.9 Å². The van der Waals surface area contributed by atoms with Gasteiger partial charge in [0.25, 0.3) is 5.82 Å². The molecule has 55 heavy (non-hydrogen) atoms. The molecule has 0 aliphatic heterocycles. The van der Waals surface area contributed by atoms with E-state index in [1.54, 1.807) is 13.0 Å². The fraction of sp³-hybridized carbons (Fsp3) is 0.512. The maximum atomic E-state index is 14.9. The Balaban J connectivity index is 1.73. The molecule has 5 unspecified atom stereocenters. The number of hydrogen-bond acceptors (Lipinski definition) is 9. The molecule has 0 fully saturated rings. The zero-order valence-corrected chi connectivity index (χ0v) is 34.2. The van der Waals surface area contributed by atoms with E-state index in [-0.39, 0.29) is 49.6 Å². The first-order chi connectivity index (χ1) is 26.2. The van der Waals surface area contributed by atoms with Crippen LogP contribution in [0.3, 0.4) is 0 Å². The average Bonchev–Trinajstić information content (AvgIpc) is 3.67. The minimum atomic E-state index is -1.51. The number of esters is 1. The van der Waals surface area contributed by atoms with Crippen molar-refractivity contribution < 1.29 is 33.2 Å². The van der Waals surface area contributed by atoms with Crippen LogP contribution in [0.25, 0.3) is 5.57 Å². The first kappa shape index (κ1) is 43.3. The summed E-state index contributed by atoms with van der Waals surface area (Å²) in [4.78, 5) is 59.3. The SMILES string of the molecule is CCOC(=O)c1noc(C(CC(C)CC)NC(=O)C2(NC(=O)C(CC(C)CC)NC(=O)OCc3ccccc3)CCC(C)=C(c3cc(Cl)cc(Cl)c3C)C2)n1. The van der Waals surface area contributed by atoms with Gasteiger partial charge in [0.05, 0.1) is 6.61 Å². The number of ether oxygens (including phenoxy) is 2. The van der Waals surface area contributed by atoms with Gasteiger partial charge in [0.15, 0.2) is 0 Å². The van der Waals surface area contributed by atoms with E-state index in [2.05, 4.69) is 26.1 Å². The summed E-state index contributed by atoms with van der Waals surface area (Å²) in [6, 6.07) is 10.9. The number of carbonyl (C=O) groups excluding carboxylic acids is 4. The summed E-state index contributed by atoms with van der Waals surface area (Å²) >= 11 is 13.1. The minimum Gasteiger partial charge on any atom is -0.460 e. The number of alkyl carbamates (subject to hydrolysis) is 1. The van der Waals surface area contributed by atoms with Gasteiger partial charge in [-0.2, -0.15) is 4.98 Å². The predicted octanol–water partition coefficient (Wildman–Crippen LogP) is 8.70. The summed E-state index contributed by atoms with van der Waals surface area (Å²) in [5, 5.41) is 13.7. The second kappa shape index (κ2) is 20.0. The van der Waals surface area contributed by atoms with Crippen LogP contribution < -0.4 is 16.0 Å². The van der Waals surface area contributed by atoms with Crippen molar-refractivity contribution >= 4 is 52.7 Å². The van der Waals surface area contributed by atoms with Crippen molar-refractivity contribution in [1.29, 1.82) is 0 Å². The lowest BCUT2D eigenvalue weighted by atomic mass is 9.74. The van der Waals surface area contributed by atoms with Crippen molar-refractivity contribution in [3.63, 3.8) is 0 Å². The fourth-order valence-corrected chi connectivity index (χ4v) is 7.00. The van der Waals surface area contributed by atoms with Crippen LogP contribution in [0.4, 0.5) is 4.79 Å². The Morgan fingerprint density at radius 3 is 2.31 bits per heavy atom. The lowest BCUT2D eigenvalue weighted by molar-refractivity contribution is -0.135. The Bertz CT molecular complexity index is 1850. The molecule has 14 heteroatoms. The number of rotatable bonds is 17. The normalized spacial score (nSPS) is 17.8. The number of hydrogen-bond donors (Lipinski definition) is 3. The number of allylic oxidation sites excluding steroid dienone is 1. The molecule has 1 aliphatic rings. The highest BCUT2D eigenvalue weighted by Crippen LogP contribution is 2.42. The van der Waals surface area contributed by atoms with Crippen molar-refractivity contribution in [2.45, 2.75) is 118 Å². The molecule has 2 aromatic carbocycles. The summed E-state index contributed by atoms with van der Waals surface area (Å²) in [6.45, 7) is 13.7. The second-order valence-electron chi connectivity index (χ2n) is 14.5. The van der Waals surface area contributed by atoms with Gasteiger partial charge in [0, 0.05) is 16.5 Å². The van der Waals surface area contributed by atoms with Crippen LogP contribution in [0.15, 0.2) is 52.6 Å². The molecular formula is C41H53Cl2N5O7. The van der Waals surface area contributed by atoms with Crippen molar-refractivity contribution in [3.05, 3.63) is 86.5 Å². The van der Waals surface area contributed by atoms with Crippen molar-refractivity contribution in [2.75, 3.05) is 6.61 Å². The van der Waals surface area contributed by atoms with E-state index in [4.69, 9.17) is 37.2 Å². The number of benzene rings is 2. The lowest BCUT2D eigenvalue weighted by Crippen LogP contribution is -2.63. The Labute approximate surface area is 333 Å². The molecule has 5 atom stereocenters. The summed E-state index contributed by atoms with van der Waals surface area (Å²) in [5.74, 6) is -1.82. The predicted molar refractivity (Wildman–Crippen MR) is 211 cm³/mol. The summed E-state index contributed by atoms with van der Waals surface area (Å²) in [6.07, 6.45) is 2.31. The number of carbonyl (C=O) groups is 4. The van der Waals surface area contributed by atoms with Crippen LogP contribution in [0.2, 0.25) is 10.0 Å². The maximum absolute atomic E-state index is 14.9. The van der Waals surface area contributed by atoms with E-state index in [1.165, 1.54) is 0 Å². The molecular weight excluding hydrogens is 745 g/mol. The summed E-state index contributed by atoms with van der Waals surface area (Å²) in [5.41, 5.74) is 2.68. The molecule has 1 aliphatic carbocycles. The molecule has 0 saturated heterocycles. The molecule has 0 spiro atoms. The molecule has 298 valence electrons. The van der Waals surface area contributed by atoms with Gasteiger partial charge in [0.2, 0.25) is 17.7 Å². The smallest absolute Gasteiger partial charge is 0.408 e. The summed E-state index contributed by atoms with van der Waals surface area (Å²) in [7, 11) is 0. The molecule has 3 aromatic rings. The number of nitrogens with zero attached hydrogens (tertiary/aromatic N) is 2. The monoisotopic (exact) mass is 797 g/mol. The van der Waals surface area contributed by atoms with E-state index in [0.717, 1.165) is 40.7 Å². The molecule has 3 amide bonds. The molecule has 1 aromatic heterocycles. The molecule has 3 N–H and O–H groups in total. The van der Waals surface area contributed by atoms with Crippen LogP contribution in [0, 0.1) is 18.8 Å². The molecule has 12 nitrogen and oxygen atoms in total. The average molecular weight is 799 g/mol. The zero-order chi connectivity index (χ0) is 40.3. The fourth-order valence-electron chi connectivity index (χ4n) is 6.51. The highest BCUT2D eigenvalue weighted by atomic mass is 35.5. The largest absolute Gasteiger partial charge is 0.460 e. The number of nitrogens with one attached hydrogen (secondary N) is 3. The Kier molecular flexibility index (Phi) is 15.7. The van der Waals surface area contributed by atoms with Gasteiger partial charge in [-0.05, 0) is 97.8 Å². The molecule has 0 saturated carbocycles. The van der Waals surface area contributed by atoms with Gasteiger partial charge in [-0.25, -0.2) is 9.59 Å². The van der Waals surface area contributed by atoms with E-state index in [9.17, 15) is 19.2 Å². The third kappa shape index (κ3) is 11.5. The van der Waals surface area contributed by atoms with E-state index >= 15 is 0 Å². The quantitative estimate of drug-likeness (QED) is 0.114. The van der Waals surface area contributed by atoms with Gasteiger partial charge >= 0.3 is 12.1 Å². The Morgan fingerprint density at radius 1 is 0.945 bits per heavy atom. The van der Waals surface area contributed by atoms with E-state index in [0.29, 0.717) is 29.3 Å². The first-order valence-electron chi connectivity index (χ1n) is 19.0. The van der Waals surface area contributed by atoms with Crippen LogP contribution >= 0.6 is 23.2 Å². The van der Waals surface area contributed by atoms with Gasteiger partial charge in [-0.3, -0.25) is 9.59 Å². The van der Waals surface area contributed by atoms with Crippen LogP contribution in [-0.4, -0.2) is 52.2 Å². The molecule has 4 rings (SSSR count). The molecule has 0 radical (unpaired) electrons. The van der Waals surface area contributed by atoms with Crippen molar-refractivity contribution in [2.24, 2.45) is 11.8 Å². The Morgan fingerprint density at radius 2 is 1.64 bits per heavy atom. The van der Waals surface area contributed by atoms with Crippen LogP contribution in [0.5, 0.6) is 0 Å². The topological polar surface area (TPSA) is 162 Å². The third-order valence-corrected chi connectivity index (χ3v) is 11.0. The second-order valence-corrected chi connectivity index (χ2v) is 15.4. The number of aromatic nitrogens is 2. The first-order valence-corrected chi connectivity index (χ1v) is 19.7. The Hall–Kier alpha value is -4.42. The highest BCUT2D eigenvalue weighted by molar-refractivity contribution is 6.35. The van der Waals surface area contributed by atoms with Crippen LogP contribution in [0.1, 0.15) is 126 Å². The van der Waals surface area contributed by atoms with Crippen molar-refractivity contribution in [3.8, 4) is 0 Å². The number of amides is 3. The molecule has 0 bridgehead atoms. The van der Waals surface area contributed by atoms with Gasteiger partial charge in [-0.15, -0.1) is 0 Å². The maximum Gasteiger partial charge on any atom is 0.408 e. The van der Waals surface area contributed by atoms with Gasteiger partial charge in [-0.1, -0.05) is 99.6 Å². The standard InChI is InChI=1S/C41H53Cl2N5O7/c1-8-24(4)18-33(45-40(52)54-23-28-14-12-11-13-15-28)36(49)47-41(17-16-26(6)31(22-41)30-20-29(42)21-32(43)27(30)7)39(51)44-34(19-25(5)9-2)37-46-35(48-55-37)38(50)53-10-3/h11-15,20-21,24-25,33-34H,8-10,16-19,22-23H2,1-7H3,(H,44,51)(H,45,52)(H,47,49). The third-order valence-electron chi connectivity index (χ3n) is 10.3. The summed E-state index contributed by atoms with van der Waals surface area (Å²) < 4.78 is 16.1. The van der Waals surface area contributed by atoms with E-state index < -0.39 is 41.5 Å². The zero-order valence-electron chi connectivity index (χ0n) is 32.7. The molecule has 1 heterocycles. The van der Waals surface area contributed by atoms with Crippen molar-refractivity contribution in [1.82, 2.24) is 26.1 Å². The minimum absolute atomic E-state index is 0.0246.